The van der Waals surface area contributed by atoms with Crippen LogP contribution in [-0.4, -0.2) is 58.2 Å². The van der Waals surface area contributed by atoms with E-state index in [1.165, 1.54) is 17.3 Å². The molecule has 1 amide bonds. The molecule has 1 aliphatic heterocycles. The summed E-state index contributed by atoms with van der Waals surface area (Å²) in [6, 6.07) is 15.4. The highest BCUT2D eigenvalue weighted by atomic mass is 32.1. The number of carbonyl (C=O) groups is 1. The second-order valence-electron chi connectivity index (χ2n) is 10.3. The summed E-state index contributed by atoms with van der Waals surface area (Å²) in [6.45, 7) is 4.40. The number of fused-ring (bicyclic) bond motifs is 1. The Bertz CT molecular complexity index is 1510. The lowest BCUT2D eigenvalue weighted by Gasteiger charge is -2.30. The van der Waals surface area contributed by atoms with Crippen molar-refractivity contribution >= 4 is 39.1 Å². The number of piperidine rings is 1. The lowest BCUT2D eigenvalue weighted by Crippen LogP contribution is -2.33. The number of likely N-dealkylation sites (tertiary alicyclic amines) is 1. The molecule has 0 bridgehead atoms. The van der Waals surface area contributed by atoms with Gasteiger partial charge in [0.15, 0.2) is 5.82 Å². The maximum atomic E-state index is 14.8. The van der Waals surface area contributed by atoms with Crippen molar-refractivity contribution in [3.63, 3.8) is 0 Å². The second kappa shape index (κ2) is 12.2. The van der Waals surface area contributed by atoms with E-state index in [9.17, 15) is 9.18 Å². The van der Waals surface area contributed by atoms with Gasteiger partial charge in [0.25, 0.3) is 5.91 Å². The van der Waals surface area contributed by atoms with E-state index >= 15 is 0 Å². The fourth-order valence-electron chi connectivity index (χ4n) is 5.02. The van der Waals surface area contributed by atoms with Gasteiger partial charge >= 0.3 is 0 Å². The fourth-order valence-corrected chi connectivity index (χ4v) is 6.14. The zero-order valence-corrected chi connectivity index (χ0v) is 23.6. The van der Waals surface area contributed by atoms with Crippen molar-refractivity contribution < 1.29 is 9.18 Å². The number of amides is 1. The lowest BCUT2D eigenvalue weighted by molar-refractivity contribution is 0.0671. The topological polar surface area (TPSA) is 114 Å². The van der Waals surface area contributed by atoms with E-state index < -0.39 is 6.04 Å². The van der Waals surface area contributed by atoms with Gasteiger partial charge in [0, 0.05) is 24.2 Å². The van der Waals surface area contributed by atoms with Crippen LogP contribution in [0.15, 0.2) is 65.8 Å². The van der Waals surface area contributed by atoms with Crippen LogP contribution in [0.25, 0.3) is 10.2 Å². The monoisotopic (exact) mass is 559 g/mol. The molecule has 3 heterocycles. The minimum absolute atomic E-state index is 0.110. The number of benzene rings is 2. The number of hydrogen-bond acceptors (Lipinski definition) is 7. The van der Waals surface area contributed by atoms with E-state index in [0.717, 1.165) is 41.7 Å². The zero-order valence-electron chi connectivity index (χ0n) is 22.8. The third-order valence-electron chi connectivity index (χ3n) is 7.44. The minimum atomic E-state index is -0.528. The molecule has 1 atom stereocenters. The van der Waals surface area contributed by atoms with Gasteiger partial charge in [0.2, 0.25) is 0 Å². The van der Waals surface area contributed by atoms with Gasteiger partial charge in [0.1, 0.15) is 11.7 Å². The number of hydrogen-bond donors (Lipinski definition) is 2. The number of rotatable bonds is 8. The standard InChI is InChI=1S/C30H34FN7OS/c1-19(23-5-3-4-6-24(23)31)38(30(39)22-8-10-28(34-17-22)36-27(33)16-32)18-20-7-9-26-25(15-20)35-29(40-26)21-11-13-37(2)14-12-21/h3-10,15,17,19,21H,11-14,16,18,32H2,1-2H3,(H2,33,34,36)/t19-/m1/s1. The van der Waals surface area contributed by atoms with Gasteiger partial charge in [-0.3, -0.25) is 4.79 Å². The van der Waals surface area contributed by atoms with E-state index in [1.807, 2.05) is 19.1 Å². The summed E-state index contributed by atoms with van der Waals surface area (Å²) in [6.07, 6.45) is 3.69. The van der Waals surface area contributed by atoms with Crippen LogP contribution >= 0.6 is 11.3 Å². The van der Waals surface area contributed by atoms with Crippen LogP contribution in [0.2, 0.25) is 0 Å². The first-order valence-electron chi connectivity index (χ1n) is 13.4. The molecule has 4 aromatic rings. The average molecular weight is 560 g/mol. The Morgan fingerprint density at radius 2 is 1.98 bits per heavy atom. The molecule has 0 unspecified atom stereocenters. The van der Waals surface area contributed by atoms with Crippen LogP contribution in [0.3, 0.4) is 0 Å². The van der Waals surface area contributed by atoms with Crippen molar-refractivity contribution in [2.24, 2.45) is 16.5 Å². The van der Waals surface area contributed by atoms with Gasteiger partial charge < -0.3 is 21.3 Å². The van der Waals surface area contributed by atoms with Crippen molar-refractivity contribution in [1.82, 2.24) is 19.8 Å². The van der Waals surface area contributed by atoms with Crippen LogP contribution in [0, 0.1) is 5.82 Å². The van der Waals surface area contributed by atoms with Crippen LogP contribution in [-0.2, 0) is 6.54 Å². The molecule has 0 spiro atoms. The summed E-state index contributed by atoms with van der Waals surface area (Å²) in [5.41, 5.74) is 13.9. The maximum Gasteiger partial charge on any atom is 0.256 e. The van der Waals surface area contributed by atoms with Gasteiger partial charge in [0.05, 0.1) is 33.4 Å². The summed E-state index contributed by atoms with van der Waals surface area (Å²) in [7, 11) is 2.16. The van der Waals surface area contributed by atoms with E-state index in [-0.39, 0.29) is 30.6 Å². The first kappa shape index (κ1) is 27.8. The second-order valence-corrected chi connectivity index (χ2v) is 11.3. The maximum absolute atomic E-state index is 14.8. The number of nitrogens with two attached hydrogens (primary N) is 2. The number of amidine groups is 1. The van der Waals surface area contributed by atoms with Crippen LogP contribution in [0.1, 0.15) is 58.2 Å². The number of aromatic nitrogens is 2. The highest BCUT2D eigenvalue weighted by molar-refractivity contribution is 7.18. The summed E-state index contributed by atoms with van der Waals surface area (Å²) in [4.78, 5) is 31.2. The number of halogens is 1. The average Bonchev–Trinajstić information content (AvgIpc) is 3.39. The molecular weight excluding hydrogens is 525 g/mol. The summed E-state index contributed by atoms with van der Waals surface area (Å²) >= 11 is 1.75. The summed E-state index contributed by atoms with van der Waals surface area (Å²) in [5, 5.41) is 1.18. The third kappa shape index (κ3) is 6.19. The first-order valence-corrected chi connectivity index (χ1v) is 14.3. The molecule has 5 rings (SSSR count). The number of nitrogens with zero attached hydrogens (tertiary/aromatic N) is 5. The Labute approximate surface area is 237 Å². The smallest absolute Gasteiger partial charge is 0.256 e. The van der Waals surface area contributed by atoms with Gasteiger partial charge in [-0.05, 0) is 75.8 Å². The lowest BCUT2D eigenvalue weighted by atomic mass is 9.98. The predicted molar refractivity (Wildman–Crippen MR) is 158 cm³/mol. The number of pyridine rings is 1. The molecule has 2 aromatic heterocycles. The van der Waals surface area contributed by atoms with Crippen LogP contribution in [0.4, 0.5) is 10.2 Å². The summed E-state index contributed by atoms with van der Waals surface area (Å²) < 4.78 is 16.0. The number of thiazole rings is 1. The molecule has 10 heteroatoms. The molecule has 1 aliphatic rings. The van der Waals surface area contributed by atoms with E-state index in [1.54, 1.807) is 46.6 Å². The molecule has 0 radical (unpaired) electrons. The molecule has 1 fully saturated rings. The highest BCUT2D eigenvalue weighted by Crippen LogP contribution is 2.34. The van der Waals surface area contributed by atoms with Crippen LogP contribution < -0.4 is 11.5 Å². The molecule has 2 aromatic carbocycles. The minimum Gasteiger partial charge on any atom is -0.386 e. The van der Waals surface area contributed by atoms with E-state index in [0.29, 0.717) is 22.9 Å². The SMILES string of the molecule is C[C@H](c1ccccc1F)N(Cc1ccc2sc(C3CCN(C)CC3)nc2c1)C(=O)c1ccc(N=C(N)CN)nc1. The van der Waals surface area contributed by atoms with E-state index in [2.05, 4.69) is 28.0 Å². The molecular formula is C30H34FN7OS. The molecule has 8 nitrogen and oxygen atoms in total. The van der Waals surface area contributed by atoms with Crippen LogP contribution in [0.5, 0.6) is 0 Å². The normalized spacial score (nSPS) is 15.8. The quantitative estimate of drug-likeness (QED) is 0.232. The van der Waals surface area contributed by atoms with Crippen molar-refractivity contribution in [3.05, 3.63) is 88.3 Å². The fraction of sp³-hybridized carbons (Fsp3) is 0.333. The number of carbonyl (C=O) groups excluding carboxylic acids is 1. The largest absolute Gasteiger partial charge is 0.386 e. The molecule has 208 valence electrons. The Hall–Kier alpha value is -3.73. The molecule has 1 saturated heterocycles. The molecule has 0 saturated carbocycles. The van der Waals surface area contributed by atoms with Gasteiger partial charge in [-0.1, -0.05) is 24.3 Å². The Morgan fingerprint density at radius 1 is 1.20 bits per heavy atom. The number of aliphatic imine (C=N–C) groups is 1. The van der Waals surface area contributed by atoms with Gasteiger partial charge in [-0.2, -0.15) is 0 Å². The first-order chi connectivity index (χ1) is 19.3. The van der Waals surface area contributed by atoms with Crippen molar-refractivity contribution in [3.8, 4) is 0 Å². The van der Waals surface area contributed by atoms with Gasteiger partial charge in [-0.25, -0.2) is 19.4 Å². The predicted octanol–water partition coefficient (Wildman–Crippen LogP) is 4.99. The van der Waals surface area contributed by atoms with Crippen molar-refractivity contribution in [1.29, 1.82) is 0 Å². The Balaban J connectivity index is 1.44. The Morgan fingerprint density at radius 3 is 2.67 bits per heavy atom. The van der Waals surface area contributed by atoms with E-state index in [4.69, 9.17) is 16.5 Å². The Kier molecular flexibility index (Phi) is 8.49. The molecule has 0 aliphatic carbocycles. The van der Waals surface area contributed by atoms with Crippen molar-refractivity contribution in [2.75, 3.05) is 26.7 Å². The molecule has 40 heavy (non-hydrogen) atoms. The van der Waals surface area contributed by atoms with Gasteiger partial charge in [-0.15, -0.1) is 11.3 Å². The zero-order chi connectivity index (χ0) is 28.2. The summed E-state index contributed by atoms with van der Waals surface area (Å²) in [5.74, 6) is 0.471. The van der Waals surface area contributed by atoms with Crippen molar-refractivity contribution in [2.45, 2.75) is 38.3 Å². The molecule has 4 N–H and O–H groups in total. The highest BCUT2D eigenvalue weighted by Gasteiger charge is 2.26. The third-order valence-corrected chi connectivity index (χ3v) is 8.63.